The van der Waals surface area contributed by atoms with E-state index < -0.39 is 10.0 Å². The molecule has 0 saturated heterocycles. The van der Waals surface area contributed by atoms with E-state index in [1.54, 1.807) is 24.3 Å². The fourth-order valence-corrected chi connectivity index (χ4v) is 4.49. The van der Waals surface area contributed by atoms with E-state index in [0.29, 0.717) is 16.7 Å². The van der Waals surface area contributed by atoms with E-state index in [-0.39, 0.29) is 6.04 Å². The molecule has 1 saturated carbocycles. The van der Waals surface area contributed by atoms with Crippen LogP contribution in [0.4, 0.5) is 5.69 Å². The van der Waals surface area contributed by atoms with Gasteiger partial charge in [-0.15, -0.1) is 0 Å². The third-order valence-electron chi connectivity index (χ3n) is 4.44. The molecule has 21 heavy (non-hydrogen) atoms. The Morgan fingerprint density at radius 2 is 1.71 bits per heavy atom. The molecule has 4 nitrogen and oxygen atoms in total. The molecule has 0 aromatic heterocycles. The molecule has 2 unspecified atom stereocenters. The number of anilines is 1. The van der Waals surface area contributed by atoms with Gasteiger partial charge in [-0.05, 0) is 48.9 Å². The molecule has 5 heteroatoms. The van der Waals surface area contributed by atoms with Crippen LogP contribution in [-0.4, -0.2) is 21.5 Å². The Morgan fingerprint density at radius 3 is 2.29 bits per heavy atom. The van der Waals surface area contributed by atoms with E-state index in [1.807, 2.05) is 7.05 Å². The third-order valence-corrected chi connectivity index (χ3v) is 5.94. The second-order valence-electron chi connectivity index (χ2n) is 6.19. The van der Waals surface area contributed by atoms with E-state index in [0.717, 1.165) is 24.9 Å². The highest BCUT2D eigenvalue weighted by Gasteiger charge is 2.31. The third kappa shape index (κ3) is 3.98. The summed E-state index contributed by atoms with van der Waals surface area (Å²) in [6, 6.07) is 6.95. The summed E-state index contributed by atoms with van der Waals surface area (Å²) >= 11 is 0. The fraction of sp³-hybridized carbons (Fsp3) is 0.625. The Kier molecular flexibility index (Phi) is 5.27. The summed E-state index contributed by atoms with van der Waals surface area (Å²) in [5.41, 5.74) is 0.909. The van der Waals surface area contributed by atoms with Crippen LogP contribution in [0, 0.1) is 11.8 Å². The maximum Gasteiger partial charge on any atom is 0.240 e. The Balaban J connectivity index is 2.15. The Morgan fingerprint density at radius 1 is 1.10 bits per heavy atom. The minimum atomic E-state index is -3.43. The van der Waals surface area contributed by atoms with E-state index in [9.17, 15) is 8.42 Å². The predicted molar refractivity (Wildman–Crippen MR) is 86.9 cm³/mol. The SMILES string of the molecule is CNc1ccc(S(=O)(=O)NC2CCCCC2C(C)C)cc1. The first-order chi connectivity index (χ1) is 9.94. The molecule has 0 aliphatic heterocycles. The van der Waals surface area contributed by atoms with Gasteiger partial charge in [-0.3, -0.25) is 0 Å². The molecule has 1 aromatic carbocycles. The molecule has 0 heterocycles. The van der Waals surface area contributed by atoms with Gasteiger partial charge in [0.1, 0.15) is 0 Å². The average Bonchev–Trinajstić information content (AvgIpc) is 2.47. The molecule has 1 aliphatic rings. The Bertz CT molecular complexity index is 552. The second kappa shape index (κ2) is 6.79. The zero-order valence-electron chi connectivity index (χ0n) is 13.1. The first kappa shape index (κ1) is 16.3. The van der Waals surface area contributed by atoms with Crippen LogP contribution in [0.5, 0.6) is 0 Å². The van der Waals surface area contributed by atoms with Crippen LogP contribution in [-0.2, 0) is 10.0 Å². The van der Waals surface area contributed by atoms with Gasteiger partial charge in [-0.25, -0.2) is 13.1 Å². The van der Waals surface area contributed by atoms with Gasteiger partial charge in [0, 0.05) is 18.8 Å². The normalized spacial score (nSPS) is 23.2. The summed E-state index contributed by atoms with van der Waals surface area (Å²) in [4.78, 5) is 0.342. The first-order valence-electron chi connectivity index (χ1n) is 7.74. The number of nitrogens with one attached hydrogen (secondary N) is 2. The number of sulfonamides is 1. The molecular formula is C16H26N2O2S. The van der Waals surface area contributed by atoms with E-state index in [4.69, 9.17) is 0 Å². The highest BCUT2D eigenvalue weighted by molar-refractivity contribution is 7.89. The predicted octanol–water partition coefficient (Wildman–Crippen LogP) is 3.22. The molecule has 2 atom stereocenters. The Labute approximate surface area is 128 Å². The molecular weight excluding hydrogens is 284 g/mol. The molecule has 1 fully saturated rings. The van der Waals surface area contributed by atoms with Crippen molar-refractivity contribution in [1.82, 2.24) is 4.72 Å². The number of hydrogen-bond donors (Lipinski definition) is 2. The van der Waals surface area contributed by atoms with Crippen LogP contribution in [0.15, 0.2) is 29.2 Å². The fourth-order valence-electron chi connectivity index (χ4n) is 3.17. The van der Waals surface area contributed by atoms with Crippen molar-refractivity contribution < 1.29 is 8.42 Å². The topological polar surface area (TPSA) is 58.2 Å². The summed E-state index contributed by atoms with van der Waals surface area (Å²) in [7, 11) is -1.61. The summed E-state index contributed by atoms with van der Waals surface area (Å²) in [5.74, 6) is 0.940. The summed E-state index contributed by atoms with van der Waals surface area (Å²) in [6.45, 7) is 4.36. The van der Waals surface area contributed by atoms with Gasteiger partial charge < -0.3 is 5.32 Å². The van der Waals surface area contributed by atoms with Crippen molar-refractivity contribution >= 4 is 15.7 Å². The van der Waals surface area contributed by atoms with Gasteiger partial charge in [0.05, 0.1) is 4.90 Å². The minimum Gasteiger partial charge on any atom is -0.388 e. The van der Waals surface area contributed by atoms with Crippen LogP contribution >= 0.6 is 0 Å². The van der Waals surface area contributed by atoms with Crippen molar-refractivity contribution in [2.45, 2.75) is 50.5 Å². The first-order valence-corrected chi connectivity index (χ1v) is 9.22. The molecule has 0 bridgehead atoms. The maximum absolute atomic E-state index is 12.5. The molecule has 0 spiro atoms. The van der Waals surface area contributed by atoms with Crippen LogP contribution in [0.1, 0.15) is 39.5 Å². The summed E-state index contributed by atoms with van der Waals surface area (Å²) in [5, 5.41) is 2.99. The van der Waals surface area contributed by atoms with Crippen LogP contribution < -0.4 is 10.0 Å². The van der Waals surface area contributed by atoms with E-state index in [1.165, 1.54) is 6.42 Å². The van der Waals surface area contributed by atoms with Crippen molar-refractivity contribution in [3.05, 3.63) is 24.3 Å². The van der Waals surface area contributed by atoms with E-state index >= 15 is 0 Å². The molecule has 1 aliphatic carbocycles. The van der Waals surface area contributed by atoms with Gasteiger partial charge in [0.15, 0.2) is 0 Å². The molecule has 2 N–H and O–H groups in total. The highest BCUT2D eigenvalue weighted by atomic mass is 32.2. The molecule has 1 aromatic rings. The molecule has 0 radical (unpaired) electrons. The lowest BCUT2D eigenvalue weighted by molar-refractivity contribution is 0.226. The minimum absolute atomic E-state index is 0.0627. The highest BCUT2D eigenvalue weighted by Crippen LogP contribution is 2.31. The molecule has 118 valence electrons. The zero-order chi connectivity index (χ0) is 15.5. The maximum atomic E-state index is 12.5. The van der Waals surface area contributed by atoms with Crippen molar-refractivity contribution in [2.24, 2.45) is 11.8 Å². The van der Waals surface area contributed by atoms with Gasteiger partial charge >= 0.3 is 0 Å². The van der Waals surface area contributed by atoms with E-state index in [2.05, 4.69) is 23.9 Å². The average molecular weight is 310 g/mol. The lowest BCUT2D eigenvalue weighted by atomic mass is 9.78. The lowest BCUT2D eigenvalue weighted by Crippen LogP contribution is -2.43. The monoisotopic (exact) mass is 310 g/mol. The smallest absolute Gasteiger partial charge is 0.240 e. The molecule has 2 rings (SSSR count). The quantitative estimate of drug-likeness (QED) is 0.878. The van der Waals surface area contributed by atoms with Crippen LogP contribution in [0.2, 0.25) is 0 Å². The number of rotatable bonds is 5. The van der Waals surface area contributed by atoms with Gasteiger partial charge in [0.2, 0.25) is 10.0 Å². The summed E-state index contributed by atoms with van der Waals surface area (Å²) in [6.07, 6.45) is 4.37. The van der Waals surface area contributed by atoms with Crippen LogP contribution in [0.25, 0.3) is 0 Å². The van der Waals surface area contributed by atoms with Crippen molar-refractivity contribution in [3.63, 3.8) is 0 Å². The largest absolute Gasteiger partial charge is 0.388 e. The van der Waals surface area contributed by atoms with Crippen molar-refractivity contribution in [2.75, 3.05) is 12.4 Å². The van der Waals surface area contributed by atoms with Crippen LogP contribution in [0.3, 0.4) is 0 Å². The number of hydrogen-bond acceptors (Lipinski definition) is 3. The standard InChI is InChI=1S/C16H26N2O2S/c1-12(2)15-6-4-5-7-16(15)18-21(19,20)14-10-8-13(17-3)9-11-14/h8-12,15-18H,4-7H2,1-3H3. The Hall–Kier alpha value is -1.07. The van der Waals surface area contributed by atoms with Gasteiger partial charge in [-0.2, -0.15) is 0 Å². The molecule has 0 amide bonds. The van der Waals surface area contributed by atoms with Gasteiger partial charge in [-0.1, -0.05) is 26.7 Å². The lowest BCUT2D eigenvalue weighted by Gasteiger charge is -2.34. The summed E-state index contributed by atoms with van der Waals surface area (Å²) < 4.78 is 28.0. The van der Waals surface area contributed by atoms with Crippen molar-refractivity contribution in [1.29, 1.82) is 0 Å². The van der Waals surface area contributed by atoms with Crippen molar-refractivity contribution in [3.8, 4) is 0 Å². The zero-order valence-corrected chi connectivity index (χ0v) is 13.9. The van der Waals surface area contributed by atoms with Gasteiger partial charge in [0.25, 0.3) is 0 Å². The number of benzene rings is 1. The second-order valence-corrected chi connectivity index (χ2v) is 7.91.